The molecule has 2 unspecified atom stereocenters. The van der Waals surface area contributed by atoms with Gasteiger partial charge in [-0.15, -0.1) is 0 Å². The highest BCUT2D eigenvalue weighted by atomic mass is 32.1. The van der Waals surface area contributed by atoms with E-state index in [9.17, 15) is 4.79 Å². The molecule has 1 aromatic rings. The van der Waals surface area contributed by atoms with Crippen LogP contribution < -0.4 is 5.32 Å². The molecular weight excluding hydrogens is 266 g/mol. The molecular formula is C17H25NOS. The number of carbonyl (C=O) groups is 1. The Bertz CT molecular complexity index is 444. The van der Waals surface area contributed by atoms with Gasteiger partial charge in [-0.25, -0.2) is 0 Å². The third kappa shape index (κ3) is 4.02. The Morgan fingerprint density at radius 2 is 2.05 bits per heavy atom. The standard InChI is InChI=1S/C17H25NOS/c1-17(2)11-7-6-10-15(17)18-16(19)14(20)12-13-8-4-3-5-9-13/h3-5,8-9,14-15,20H,6-7,10-12H2,1-2H3,(H,18,19). The van der Waals surface area contributed by atoms with E-state index < -0.39 is 0 Å². The van der Waals surface area contributed by atoms with Crippen LogP contribution in [-0.2, 0) is 11.2 Å². The molecule has 1 N–H and O–H groups in total. The smallest absolute Gasteiger partial charge is 0.233 e. The van der Waals surface area contributed by atoms with Crippen molar-refractivity contribution < 1.29 is 4.79 Å². The van der Waals surface area contributed by atoms with Crippen molar-refractivity contribution in [2.24, 2.45) is 5.41 Å². The summed E-state index contributed by atoms with van der Waals surface area (Å²) in [7, 11) is 0. The van der Waals surface area contributed by atoms with E-state index in [-0.39, 0.29) is 22.6 Å². The summed E-state index contributed by atoms with van der Waals surface area (Å²) in [6.45, 7) is 4.50. The largest absolute Gasteiger partial charge is 0.352 e. The van der Waals surface area contributed by atoms with Gasteiger partial charge >= 0.3 is 0 Å². The number of rotatable bonds is 4. The lowest BCUT2D eigenvalue weighted by molar-refractivity contribution is -0.122. The monoisotopic (exact) mass is 291 g/mol. The van der Waals surface area contributed by atoms with Crippen LogP contribution in [0.4, 0.5) is 0 Å². The summed E-state index contributed by atoms with van der Waals surface area (Å²) in [5.74, 6) is 0.0668. The number of hydrogen-bond acceptors (Lipinski definition) is 2. The average molecular weight is 291 g/mol. The molecule has 1 aliphatic carbocycles. The normalized spacial score (nSPS) is 23.1. The van der Waals surface area contributed by atoms with Crippen LogP contribution in [0.1, 0.15) is 45.1 Å². The molecule has 1 aliphatic rings. The van der Waals surface area contributed by atoms with Crippen molar-refractivity contribution in [3.05, 3.63) is 35.9 Å². The molecule has 0 aliphatic heterocycles. The maximum atomic E-state index is 12.3. The van der Waals surface area contributed by atoms with Crippen LogP contribution in [-0.4, -0.2) is 17.2 Å². The summed E-state index contributed by atoms with van der Waals surface area (Å²) in [5, 5.41) is 2.95. The van der Waals surface area contributed by atoms with Crippen LogP contribution in [0.5, 0.6) is 0 Å². The predicted molar refractivity (Wildman–Crippen MR) is 87.1 cm³/mol. The van der Waals surface area contributed by atoms with Gasteiger partial charge in [0.2, 0.25) is 5.91 Å². The van der Waals surface area contributed by atoms with Gasteiger partial charge in [0.1, 0.15) is 0 Å². The minimum Gasteiger partial charge on any atom is -0.352 e. The number of carbonyl (C=O) groups excluding carboxylic acids is 1. The molecule has 2 atom stereocenters. The summed E-state index contributed by atoms with van der Waals surface area (Å²) < 4.78 is 0. The minimum absolute atomic E-state index is 0.0668. The molecule has 1 saturated carbocycles. The third-order valence-corrected chi connectivity index (χ3v) is 4.82. The maximum Gasteiger partial charge on any atom is 0.233 e. The predicted octanol–water partition coefficient (Wildman–Crippen LogP) is 3.61. The van der Waals surface area contributed by atoms with Gasteiger partial charge < -0.3 is 5.32 Å². The Balaban J connectivity index is 1.90. The number of amides is 1. The van der Waals surface area contributed by atoms with Crippen LogP contribution in [0.15, 0.2) is 30.3 Å². The first-order valence-electron chi connectivity index (χ1n) is 7.51. The SMILES string of the molecule is CC1(C)CCCCC1NC(=O)C(S)Cc1ccccc1. The molecule has 2 rings (SSSR count). The zero-order valence-electron chi connectivity index (χ0n) is 12.4. The van der Waals surface area contributed by atoms with Crippen molar-refractivity contribution in [1.29, 1.82) is 0 Å². The van der Waals surface area contributed by atoms with Crippen LogP contribution in [0.2, 0.25) is 0 Å². The van der Waals surface area contributed by atoms with E-state index in [0.717, 1.165) is 12.0 Å². The van der Waals surface area contributed by atoms with Gasteiger partial charge in [0.05, 0.1) is 5.25 Å². The Morgan fingerprint density at radius 1 is 1.35 bits per heavy atom. The first-order valence-corrected chi connectivity index (χ1v) is 8.03. The van der Waals surface area contributed by atoms with E-state index in [4.69, 9.17) is 0 Å². The number of thiol groups is 1. The average Bonchev–Trinajstić information content (AvgIpc) is 2.42. The molecule has 1 fully saturated rings. The fourth-order valence-electron chi connectivity index (χ4n) is 2.96. The summed E-state index contributed by atoms with van der Waals surface area (Å²) in [4.78, 5) is 12.3. The molecule has 0 radical (unpaired) electrons. The summed E-state index contributed by atoms with van der Waals surface area (Å²) in [6.07, 6.45) is 5.44. The van der Waals surface area contributed by atoms with E-state index >= 15 is 0 Å². The fraction of sp³-hybridized carbons (Fsp3) is 0.588. The highest BCUT2D eigenvalue weighted by Gasteiger charge is 2.33. The van der Waals surface area contributed by atoms with E-state index in [1.807, 2.05) is 30.3 Å². The van der Waals surface area contributed by atoms with Crippen LogP contribution >= 0.6 is 12.6 Å². The lowest BCUT2D eigenvalue weighted by Crippen LogP contribution is -2.49. The van der Waals surface area contributed by atoms with Gasteiger partial charge in [0.15, 0.2) is 0 Å². The molecule has 1 amide bonds. The van der Waals surface area contributed by atoms with Gasteiger partial charge in [-0.1, -0.05) is 57.0 Å². The van der Waals surface area contributed by atoms with Crippen molar-refractivity contribution in [2.45, 2.75) is 57.2 Å². The highest BCUT2D eigenvalue weighted by Crippen LogP contribution is 2.35. The molecule has 0 saturated heterocycles. The highest BCUT2D eigenvalue weighted by molar-refractivity contribution is 7.81. The Morgan fingerprint density at radius 3 is 2.70 bits per heavy atom. The second kappa shape index (κ2) is 6.66. The number of benzene rings is 1. The second-order valence-corrected chi connectivity index (χ2v) is 7.12. The Hall–Kier alpha value is -0.960. The maximum absolute atomic E-state index is 12.3. The number of nitrogens with one attached hydrogen (secondary N) is 1. The minimum atomic E-state index is -0.268. The van der Waals surface area contributed by atoms with E-state index in [1.54, 1.807) is 0 Å². The zero-order chi connectivity index (χ0) is 14.6. The van der Waals surface area contributed by atoms with E-state index in [1.165, 1.54) is 19.3 Å². The first-order chi connectivity index (χ1) is 9.49. The van der Waals surface area contributed by atoms with Gasteiger partial charge in [-0.2, -0.15) is 12.6 Å². The lowest BCUT2D eigenvalue weighted by atomic mass is 9.73. The molecule has 20 heavy (non-hydrogen) atoms. The summed E-state index contributed by atoms with van der Waals surface area (Å²) >= 11 is 4.48. The fourth-order valence-corrected chi connectivity index (χ4v) is 3.24. The molecule has 2 nitrogen and oxygen atoms in total. The number of hydrogen-bond donors (Lipinski definition) is 2. The lowest BCUT2D eigenvalue weighted by Gasteiger charge is -2.39. The van der Waals surface area contributed by atoms with Gasteiger partial charge in [0, 0.05) is 6.04 Å². The molecule has 0 aromatic heterocycles. The van der Waals surface area contributed by atoms with Crippen molar-refractivity contribution >= 4 is 18.5 Å². The van der Waals surface area contributed by atoms with E-state index in [2.05, 4.69) is 31.8 Å². The molecule has 110 valence electrons. The summed E-state index contributed by atoms with van der Waals surface area (Å²) in [5.41, 5.74) is 1.36. The van der Waals surface area contributed by atoms with E-state index in [0.29, 0.717) is 6.42 Å². The molecule has 0 bridgehead atoms. The van der Waals surface area contributed by atoms with Crippen molar-refractivity contribution in [1.82, 2.24) is 5.32 Å². The topological polar surface area (TPSA) is 29.1 Å². The molecule has 3 heteroatoms. The van der Waals surface area contributed by atoms with Gasteiger partial charge in [0.25, 0.3) is 0 Å². The van der Waals surface area contributed by atoms with Crippen LogP contribution in [0.25, 0.3) is 0 Å². The van der Waals surface area contributed by atoms with Gasteiger partial charge in [-0.3, -0.25) is 4.79 Å². The second-order valence-electron chi connectivity index (χ2n) is 6.50. The Kier molecular flexibility index (Phi) is 5.14. The molecule has 0 spiro atoms. The summed E-state index contributed by atoms with van der Waals surface area (Å²) in [6, 6.07) is 10.4. The molecule has 0 heterocycles. The van der Waals surface area contributed by atoms with Crippen molar-refractivity contribution in [3.8, 4) is 0 Å². The van der Waals surface area contributed by atoms with Crippen LogP contribution in [0, 0.1) is 5.41 Å². The van der Waals surface area contributed by atoms with Crippen molar-refractivity contribution in [2.75, 3.05) is 0 Å². The van der Waals surface area contributed by atoms with Gasteiger partial charge in [-0.05, 0) is 30.2 Å². The Labute approximate surface area is 127 Å². The van der Waals surface area contributed by atoms with Crippen LogP contribution in [0.3, 0.4) is 0 Å². The molecule has 1 aromatic carbocycles. The zero-order valence-corrected chi connectivity index (χ0v) is 13.3. The van der Waals surface area contributed by atoms with Crippen molar-refractivity contribution in [3.63, 3.8) is 0 Å². The quantitative estimate of drug-likeness (QED) is 0.815. The first kappa shape index (κ1) is 15.4. The third-order valence-electron chi connectivity index (χ3n) is 4.40.